The normalized spacial score (nSPS) is 37.8. The van der Waals surface area contributed by atoms with Gasteiger partial charge in [-0.05, 0) is 23.8 Å². The minimum atomic E-state index is 0.857. The van der Waals surface area contributed by atoms with E-state index in [-0.39, 0.29) is 0 Å². The van der Waals surface area contributed by atoms with E-state index in [1.165, 1.54) is 13.0 Å². The lowest BCUT2D eigenvalue weighted by molar-refractivity contribution is 0.0751. The van der Waals surface area contributed by atoms with Crippen LogP contribution in [0.4, 0.5) is 0 Å². The standard InChI is InChI=1S/C11H13N/c1-2-4-8(5-3-1)9-6-11-10(9)7-12-11/h1-5,9-12H,6-7H2. The van der Waals surface area contributed by atoms with Gasteiger partial charge in [-0.2, -0.15) is 0 Å². The molecule has 0 spiro atoms. The van der Waals surface area contributed by atoms with Crippen LogP contribution in [0.25, 0.3) is 0 Å². The van der Waals surface area contributed by atoms with Crippen LogP contribution in [0.2, 0.25) is 0 Å². The zero-order chi connectivity index (χ0) is 7.97. The minimum Gasteiger partial charge on any atom is -0.313 e. The third-order valence-corrected chi connectivity index (χ3v) is 3.38. The maximum absolute atomic E-state index is 3.44. The van der Waals surface area contributed by atoms with E-state index in [1.54, 1.807) is 5.56 Å². The number of rotatable bonds is 1. The first-order valence-electron chi connectivity index (χ1n) is 4.73. The van der Waals surface area contributed by atoms with E-state index in [1.807, 2.05) is 0 Å². The molecule has 1 N–H and O–H groups in total. The van der Waals surface area contributed by atoms with Crippen molar-refractivity contribution in [1.82, 2.24) is 5.32 Å². The molecule has 0 bridgehead atoms. The van der Waals surface area contributed by atoms with Gasteiger partial charge in [-0.25, -0.2) is 0 Å². The number of hydrogen-bond donors (Lipinski definition) is 1. The molecule has 2 aliphatic rings. The molecular weight excluding hydrogens is 146 g/mol. The lowest BCUT2D eigenvalue weighted by atomic mass is 9.62. The monoisotopic (exact) mass is 159 g/mol. The second-order valence-electron chi connectivity index (χ2n) is 3.93. The molecule has 12 heavy (non-hydrogen) atoms. The number of piperidine rings is 1. The van der Waals surface area contributed by atoms with Crippen LogP contribution in [0.15, 0.2) is 30.3 Å². The minimum absolute atomic E-state index is 0.857. The Morgan fingerprint density at radius 1 is 1.17 bits per heavy atom. The summed E-state index contributed by atoms with van der Waals surface area (Å²) in [6, 6.07) is 11.8. The predicted octanol–water partition coefficient (Wildman–Crippen LogP) is 1.76. The van der Waals surface area contributed by atoms with Gasteiger partial charge >= 0.3 is 0 Å². The summed E-state index contributed by atoms with van der Waals surface area (Å²) in [6.07, 6.45) is 1.36. The molecule has 0 radical (unpaired) electrons. The van der Waals surface area contributed by atoms with E-state index in [9.17, 15) is 0 Å². The van der Waals surface area contributed by atoms with Crippen LogP contribution in [-0.4, -0.2) is 12.6 Å². The molecule has 1 aliphatic carbocycles. The Morgan fingerprint density at radius 3 is 2.50 bits per heavy atom. The number of nitrogens with one attached hydrogen (secondary N) is 1. The lowest BCUT2D eigenvalue weighted by Crippen LogP contribution is -2.63. The van der Waals surface area contributed by atoms with Gasteiger partial charge in [0.2, 0.25) is 0 Å². The van der Waals surface area contributed by atoms with Crippen LogP contribution in [-0.2, 0) is 0 Å². The molecule has 1 aromatic rings. The van der Waals surface area contributed by atoms with Crippen molar-refractivity contribution in [3.8, 4) is 0 Å². The highest BCUT2D eigenvalue weighted by atomic mass is 15.0. The summed E-state index contributed by atoms with van der Waals surface area (Å²) in [4.78, 5) is 0. The largest absolute Gasteiger partial charge is 0.313 e. The van der Waals surface area contributed by atoms with E-state index in [4.69, 9.17) is 0 Å². The second kappa shape index (κ2) is 2.33. The highest BCUT2D eigenvalue weighted by Crippen LogP contribution is 2.46. The van der Waals surface area contributed by atoms with Crippen molar-refractivity contribution in [2.75, 3.05) is 6.54 Å². The van der Waals surface area contributed by atoms with Gasteiger partial charge in [0.1, 0.15) is 0 Å². The molecule has 0 amide bonds. The van der Waals surface area contributed by atoms with E-state index in [0.29, 0.717) is 0 Å². The van der Waals surface area contributed by atoms with Gasteiger partial charge in [0, 0.05) is 12.6 Å². The molecule has 1 heteroatoms. The topological polar surface area (TPSA) is 12.0 Å². The summed E-state index contributed by atoms with van der Waals surface area (Å²) in [7, 11) is 0. The molecule has 62 valence electrons. The highest BCUT2D eigenvalue weighted by molar-refractivity contribution is 5.26. The van der Waals surface area contributed by atoms with Gasteiger partial charge in [-0.3, -0.25) is 0 Å². The average Bonchev–Trinajstić information content (AvgIpc) is 2.11. The quantitative estimate of drug-likeness (QED) is 0.658. The van der Waals surface area contributed by atoms with Crippen LogP contribution in [0, 0.1) is 5.92 Å². The van der Waals surface area contributed by atoms with Gasteiger partial charge in [0.05, 0.1) is 0 Å². The fraction of sp³-hybridized carbons (Fsp3) is 0.455. The van der Waals surface area contributed by atoms with Crippen LogP contribution in [0.1, 0.15) is 17.9 Å². The molecule has 1 saturated carbocycles. The Labute approximate surface area is 72.8 Å². The van der Waals surface area contributed by atoms with Crippen LogP contribution in [0.5, 0.6) is 0 Å². The van der Waals surface area contributed by atoms with E-state index in [0.717, 1.165) is 17.9 Å². The predicted molar refractivity (Wildman–Crippen MR) is 49.1 cm³/mol. The van der Waals surface area contributed by atoms with Gasteiger partial charge in [0.15, 0.2) is 0 Å². The van der Waals surface area contributed by atoms with Gasteiger partial charge in [-0.15, -0.1) is 0 Å². The Kier molecular flexibility index (Phi) is 1.30. The Morgan fingerprint density at radius 2 is 2.00 bits per heavy atom. The van der Waals surface area contributed by atoms with Crippen LogP contribution < -0.4 is 5.32 Å². The summed E-state index contributed by atoms with van der Waals surface area (Å²) in [5.74, 6) is 1.81. The molecule has 1 heterocycles. The fourth-order valence-corrected chi connectivity index (χ4v) is 2.44. The molecule has 0 aromatic heterocycles. The van der Waals surface area contributed by atoms with Crippen molar-refractivity contribution in [3.63, 3.8) is 0 Å². The molecule has 1 aromatic carbocycles. The van der Waals surface area contributed by atoms with Crippen molar-refractivity contribution in [2.24, 2.45) is 5.92 Å². The SMILES string of the molecule is c1ccc(C2CC3NCC32)cc1. The van der Waals surface area contributed by atoms with Gasteiger partial charge in [-0.1, -0.05) is 30.3 Å². The highest BCUT2D eigenvalue weighted by Gasteiger charge is 2.47. The van der Waals surface area contributed by atoms with Crippen molar-refractivity contribution < 1.29 is 0 Å². The molecule has 1 aliphatic heterocycles. The maximum atomic E-state index is 3.44. The first-order chi connectivity index (χ1) is 5.95. The molecule has 3 unspecified atom stereocenters. The summed E-state index contributed by atoms with van der Waals surface area (Å²) in [5, 5.41) is 3.44. The molecule has 2 fully saturated rings. The van der Waals surface area contributed by atoms with Crippen molar-refractivity contribution >= 4 is 0 Å². The van der Waals surface area contributed by atoms with Crippen molar-refractivity contribution in [3.05, 3.63) is 35.9 Å². The smallest absolute Gasteiger partial charge is 0.0119 e. The van der Waals surface area contributed by atoms with Gasteiger partial charge < -0.3 is 5.32 Å². The molecule has 1 nitrogen and oxygen atoms in total. The fourth-order valence-electron chi connectivity index (χ4n) is 2.44. The Bertz CT molecular complexity index is 280. The Hall–Kier alpha value is -0.820. The molecule has 1 saturated heterocycles. The third kappa shape index (κ3) is 0.774. The molecular formula is C11H13N. The van der Waals surface area contributed by atoms with Crippen molar-refractivity contribution in [1.29, 1.82) is 0 Å². The number of benzene rings is 1. The van der Waals surface area contributed by atoms with Crippen LogP contribution in [0.3, 0.4) is 0 Å². The van der Waals surface area contributed by atoms with Crippen LogP contribution >= 0.6 is 0 Å². The lowest BCUT2D eigenvalue weighted by Gasteiger charge is -2.54. The first-order valence-corrected chi connectivity index (χ1v) is 4.73. The number of fused-ring (bicyclic) bond motifs is 1. The van der Waals surface area contributed by atoms with E-state index >= 15 is 0 Å². The third-order valence-electron chi connectivity index (χ3n) is 3.38. The zero-order valence-corrected chi connectivity index (χ0v) is 7.03. The molecule has 3 rings (SSSR count). The summed E-state index contributed by atoms with van der Waals surface area (Å²) in [5.41, 5.74) is 1.54. The summed E-state index contributed by atoms with van der Waals surface area (Å²) >= 11 is 0. The van der Waals surface area contributed by atoms with Crippen molar-refractivity contribution in [2.45, 2.75) is 18.4 Å². The summed E-state index contributed by atoms with van der Waals surface area (Å²) < 4.78 is 0. The average molecular weight is 159 g/mol. The zero-order valence-electron chi connectivity index (χ0n) is 7.03. The second-order valence-corrected chi connectivity index (χ2v) is 3.93. The summed E-state index contributed by atoms with van der Waals surface area (Å²) in [6.45, 7) is 1.24. The maximum Gasteiger partial charge on any atom is 0.0119 e. The number of hydrogen-bond acceptors (Lipinski definition) is 1. The molecule has 3 atom stereocenters. The van der Waals surface area contributed by atoms with Gasteiger partial charge in [0.25, 0.3) is 0 Å². The van der Waals surface area contributed by atoms with E-state index in [2.05, 4.69) is 35.6 Å². The Balaban J connectivity index is 1.82. The first kappa shape index (κ1) is 6.67. The van der Waals surface area contributed by atoms with E-state index < -0.39 is 0 Å².